The van der Waals surface area contributed by atoms with Gasteiger partial charge >= 0.3 is 11.9 Å². The van der Waals surface area contributed by atoms with Crippen LogP contribution in [0.3, 0.4) is 0 Å². The van der Waals surface area contributed by atoms with Gasteiger partial charge < -0.3 is 23.8 Å². The molecule has 0 bridgehead atoms. The predicted molar refractivity (Wildman–Crippen MR) is 170 cm³/mol. The van der Waals surface area contributed by atoms with Crippen LogP contribution in [0.4, 0.5) is 0 Å². The molecule has 3 aromatic rings. The van der Waals surface area contributed by atoms with E-state index in [9.17, 15) is 14.4 Å². The summed E-state index contributed by atoms with van der Waals surface area (Å²) < 4.78 is 12.6. The van der Waals surface area contributed by atoms with Crippen molar-refractivity contribution in [2.75, 3.05) is 60.0 Å². The van der Waals surface area contributed by atoms with E-state index in [4.69, 9.17) is 14.5 Å². The summed E-state index contributed by atoms with van der Waals surface area (Å²) in [7, 11) is 3.42. The van der Waals surface area contributed by atoms with Crippen molar-refractivity contribution < 1.29 is 23.9 Å². The van der Waals surface area contributed by atoms with Crippen LogP contribution in [0.25, 0.3) is 11.4 Å². The number of ether oxygens (including phenoxy) is 2. The molecule has 0 atom stereocenters. The Morgan fingerprint density at radius 2 is 1.57 bits per heavy atom. The highest BCUT2D eigenvalue weighted by Gasteiger charge is 2.26. The second-order valence-corrected chi connectivity index (χ2v) is 11.2. The highest BCUT2D eigenvalue weighted by molar-refractivity contribution is 6.01. The number of likely N-dealkylation sites (N-methyl/N-ethyl adjacent to an activating group) is 1. The minimum Gasteiger partial charge on any atom is -0.465 e. The molecular formula is C34H45N5O5. The molecule has 44 heavy (non-hydrogen) atoms. The zero-order valence-corrected chi connectivity index (χ0v) is 26.5. The number of methoxy groups -OCH3 is 1. The normalized spacial score (nSPS) is 13.9. The average Bonchev–Trinajstić information content (AvgIpc) is 3.48. The number of amides is 1. The first kappa shape index (κ1) is 32.9. The highest BCUT2D eigenvalue weighted by atomic mass is 16.5. The zero-order valence-electron chi connectivity index (χ0n) is 26.5. The van der Waals surface area contributed by atoms with Gasteiger partial charge in [0.2, 0.25) is 0 Å². The second kappa shape index (κ2) is 16.2. The van der Waals surface area contributed by atoms with E-state index < -0.39 is 11.9 Å². The fourth-order valence-corrected chi connectivity index (χ4v) is 5.20. The van der Waals surface area contributed by atoms with Gasteiger partial charge in [0.25, 0.3) is 5.91 Å². The maximum Gasteiger partial charge on any atom is 0.344 e. The fourth-order valence-electron chi connectivity index (χ4n) is 5.20. The van der Waals surface area contributed by atoms with E-state index in [1.165, 1.54) is 13.2 Å². The molecule has 2 aromatic carbocycles. The summed E-state index contributed by atoms with van der Waals surface area (Å²) in [5, 5.41) is 0. The Morgan fingerprint density at radius 1 is 0.886 bits per heavy atom. The molecule has 0 aliphatic carbocycles. The molecule has 1 saturated heterocycles. The number of esters is 2. The van der Waals surface area contributed by atoms with Crippen LogP contribution in [0.2, 0.25) is 0 Å². The Balaban J connectivity index is 1.75. The highest BCUT2D eigenvalue weighted by Crippen LogP contribution is 2.27. The molecule has 10 heteroatoms. The molecule has 1 aliphatic heterocycles. The van der Waals surface area contributed by atoms with Gasteiger partial charge in [-0.15, -0.1) is 0 Å². The van der Waals surface area contributed by atoms with Crippen molar-refractivity contribution >= 4 is 17.8 Å². The first-order valence-electron chi connectivity index (χ1n) is 15.6. The van der Waals surface area contributed by atoms with Crippen molar-refractivity contribution in [3.8, 4) is 17.1 Å². The van der Waals surface area contributed by atoms with Crippen molar-refractivity contribution in [1.29, 1.82) is 0 Å². The lowest BCUT2D eigenvalue weighted by Crippen LogP contribution is -2.45. The maximum atomic E-state index is 13.8. The summed E-state index contributed by atoms with van der Waals surface area (Å²) in [6.07, 6.45) is 5.60. The second-order valence-electron chi connectivity index (χ2n) is 11.2. The Hall–Kier alpha value is -4.02. The van der Waals surface area contributed by atoms with Crippen LogP contribution in [-0.4, -0.2) is 102 Å². The number of hydrogen-bond donors (Lipinski definition) is 0. The molecule has 1 fully saturated rings. The summed E-state index contributed by atoms with van der Waals surface area (Å²) in [6, 6.07) is 13.5. The third kappa shape index (κ3) is 8.54. The van der Waals surface area contributed by atoms with E-state index in [2.05, 4.69) is 30.7 Å². The Kier molecular flexibility index (Phi) is 12.1. The molecular weight excluding hydrogens is 558 g/mol. The van der Waals surface area contributed by atoms with Crippen molar-refractivity contribution in [2.45, 2.75) is 46.1 Å². The number of hydrogen-bond acceptors (Lipinski definition) is 8. The van der Waals surface area contributed by atoms with Crippen LogP contribution in [0.5, 0.6) is 5.75 Å². The molecule has 0 unspecified atom stereocenters. The van der Waals surface area contributed by atoms with Crippen LogP contribution in [0.15, 0.2) is 54.7 Å². The molecule has 236 valence electrons. The van der Waals surface area contributed by atoms with Crippen molar-refractivity contribution in [2.24, 2.45) is 0 Å². The predicted octanol–water partition coefficient (Wildman–Crippen LogP) is 4.85. The first-order chi connectivity index (χ1) is 21.3. The van der Waals surface area contributed by atoms with Gasteiger partial charge in [-0.05, 0) is 50.2 Å². The number of para-hydroxylation sites is 1. The van der Waals surface area contributed by atoms with Crippen LogP contribution in [0, 0.1) is 0 Å². The van der Waals surface area contributed by atoms with Gasteiger partial charge in [0.1, 0.15) is 17.3 Å². The Labute approximate surface area is 260 Å². The zero-order chi connectivity index (χ0) is 31.5. The lowest BCUT2D eigenvalue weighted by atomic mass is 10.0. The minimum atomic E-state index is -0.633. The largest absolute Gasteiger partial charge is 0.465 e. The summed E-state index contributed by atoms with van der Waals surface area (Å²) >= 11 is 0. The SMILES string of the molecule is CCCCN(CCCC)C(=O)c1cn(CCN2CCN(C)CC2)c(-c2ccc(C(=O)OC)cc2C(=O)Oc2ccccc2)n1. The van der Waals surface area contributed by atoms with Gasteiger partial charge in [-0.3, -0.25) is 9.69 Å². The Morgan fingerprint density at radius 3 is 2.20 bits per heavy atom. The van der Waals surface area contributed by atoms with Gasteiger partial charge in [0.05, 0.1) is 18.2 Å². The third-order valence-electron chi connectivity index (χ3n) is 7.95. The molecule has 0 saturated carbocycles. The molecule has 0 radical (unpaired) electrons. The van der Waals surface area contributed by atoms with Gasteiger partial charge in [0.15, 0.2) is 0 Å². The van der Waals surface area contributed by atoms with E-state index in [1.54, 1.807) is 42.6 Å². The summed E-state index contributed by atoms with van der Waals surface area (Å²) in [5.41, 5.74) is 1.19. The van der Waals surface area contributed by atoms with Crippen LogP contribution >= 0.6 is 0 Å². The lowest BCUT2D eigenvalue weighted by molar-refractivity contribution is 0.0600. The topological polar surface area (TPSA) is 97.2 Å². The van der Waals surface area contributed by atoms with E-state index >= 15 is 0 Å². The number of carbonyl (C=O) groups is 3. The number of carbonyl (C=O) groups excluding carboxylic acids is 3. The number of piperazine rings is 1. The molecule has 4 rings (SSSR count). The van der Waals surface area contributed by atoms with E-state index in [1.807, 2.05) is 15.5 Å². The van der Waals surface area contributed by atoms with Gasteiger partial charge in [0, 0.05) is 64.1 Å². The third-order valence-corrected chi connectivity index (χ3v) is 7.95. The number of benzene rings is 2. The van der Waals surface area contributed by atoms with Gasteiger partial charge in [-0.1, -0.05) is 44.9 Å². The van der Waals surface area contributed by atoms with Crippen LogP contribution < -0.4 is 4.74 Å². The lowest BCUT2D eigenvalue weighted by Gasteiger charge is -2.32. The summed E-state index contributed by atoms with van der Waals surface area (Å²) in [4.78, 5) is 51.3. The number of unbranched alkanes of at least 4 members (excludes halogenated alkanes) is 2. The Bertz CT molecular complexity index is 1390. The first-order valence-corrected chi connectivity index (χ1v) is 15.6. The molecule has 1 aliphatic rings. The summed E-state index contributed by atoms with van der Waals surface area (Å²) in [5.74, 6) is -0.465. The quantitative estimate of drug-likeness (QED) is 0.191. The molecule has 1 amide bonds. The fraction of sp³-hybridized carbons (Fsp3) is 0.471. The van der Waals surface area contributed by atoms with Crippen LogP contribution in [-0.2, 0) is 11.3 Å². The summed E-state index contributed by atoms with van der Waals surface area (Å²) in [6.45, 7) is 10.8. The minimum absolute atomic E-state index is 0.119. The monoisotopic (exact) mass is 603 g/mol. The number of imidazole rings is 1. The van der Waals surface area contributed by atoms with Crippen molar-refractivity contribution in [1.82, 2.24) is 24.3 Å². The van der Waals surface area contributed by atoms with Crippen molar-refractivity contribution in [3.63, 3.8) is 0 Å². The number of aromatic nitrogens is 2. The number of rotatable bonds is 14. The van der Waals surface area contributed by atoms with E-state index in [-0.39, 0.29) is 17.0 Å². The van der Waals surface area contributed by atoms with Crippen molar-refractivity contribution in [3.05, 3.63) is 71.5 Å². The molecule has 10 nitrogen and oxygen atoms in total. The number of nitrogens with zero attached hydrogens (tertiary/aromatic N) is 5. The van der Waals surface area contributed by atoms with E-state index in [0.717, 1.165) is 58.4 Å². The van der Waals surface area contributed by atoms with Crippen LogP contribution in [0.1, 0.15) is 70.7 Å². The van der Waals surface area contributed by atoms with Gasteiger partial charge in [-0.25, -0.2) is 14.6 Å². The maximum absolute atomic E-state index is 13.8. The molecule has 0 spiro atoms. The molecule has 0 N–H and O–H groups in total. The molecule has 2 heterocycles. The van der Waals surface area contributed by atoms with Gasteiger partial charge in [-0.2, -0.15) is 0 Å². The smallest absolute Gasteiger partial charge is 0.344 e. The van der Waals surface area contributed by atoms with E-state index in [0.29, 0.717) is 42.5 Å². The average molecular weight is 604 g/mol. The standard InChI is InChI=1S/C34H45N5O5/c1-5-7-16-38(17-8-6-2)32(40)30-25-39(23-22-37-20-18-36(3)19-21-37)31(35-30)28-15-14-26(33(41)43-4)24-29(28)34(42)44-27-12-10-9-11-13-27/h9-15,24-25H,5-8,16-23H2,1-4H3. The molecule has 1 aromatic heterocycles.